The molecule has 1 aromatic heterocycles. The lowest BCUT2D eigenvalue weighted by molar-refractivity contribution is 0.354. The third kappa shape index (κ3) is 2.96. The normalized spacial score (nSPS) is 10.5. The van der Waals surface area contributed by atoms with Crippen LogP contribution < -0.4 is 15.2 Å². The maximum absolute atomic E-state index is 12.1. The van der Waals surface area contributed by atoms with Crippen molar-refractivity contribution in [3.63, 3.8) is 0 Å². The molecule has 0 aliphatic heterocycles. The first-order chi connectivity index (χ1) is 11.2. The van der Waals surface area contributed by atoms with Crippen LogP contribution in [0.2, 0.25) is 0 Å². The number of hydrogen-bond acceptors (Lipinski definition) is 4. The number of aromatic nitrogens is 3. The van der Waals surface area contributed by atoms with Gasteiger partial charge in [0.05, 0.1) is 19.9 Å². The lowest BCUT2D eigenvalue weighted by Crippen LogP contribution is -2.17. The smallest absolute Gasteiger partial charge is 0.347 e. The summed E-state index contributed by atoms with van der Waals surface area (Å²) in [6.07, 6.45) is 0.494. The summed E-state index contributed by atoms with van der Waals surface area (Å²) in [5.41, 5.74) is 1.49. The molecule has 3 aromatic rings. The molecule has 1 N–H and O–H groups in total. The van der Waals surface area contributed by atoms with Gasteiger partial charge < -0.3 is 9.47 Å². The van der Waals surface area contributed by atoms with Crippen LogP contribution in [0.5, 0.6) is 11.5 Å². The zero-order valence-electron chi connectivity index (χ0n) is 12.9. The maximum Gasteiger partial charge on any atom is 0.347 e. The predicted molar refractivity (Wildman–Crippen MR) is 86.5 cm³/mol. The van der Waals surface area contributed by atoms with E-state index in [-0.39, 0.29) is 5.69 Å². The van der Waals surface area contributed by atoms with Crippen molar-refractivity contribution in [1.82, 2.24) is 14.8 Å². The summed E-state index contributed by atoms with van der Waals surface area (Å²) < 4.78 is 12.1. The Morgan fingerprint density at radius 1 is 1.04 bits per heavy atom. The van der Waals surface area contributed by atoms with Crippen LogP contribution in [0.25, 0.3) is 5.69 Å². The van der Waals surface area contributed by atoms with Gasteiger partial charge in [0.15, 0.2) is 11.5 Å². The molecule has 0 amide bonds. The van der Waals surface area contributed by atoms with E-state index in [4.69, 9.17) is 9.47 Å². The highest BCUT2D eigenvalue weighted by Crippen LogP contribution is 2.28. The fraction of sp³-hybridized carbons (Fsp3) is 0.176. The van der Waals surface area contributed by atoms with Crippen LogP contribution in [0.4, 0.5) is 0 Å². The highest BCUT2D eigenvalue weighted by Gasteiger charge is 2.12. The standard InChI is InChI=1S/C17H17N3O3/c1-22-14-9-8-12(10-15(14)23-2)11-16-18-19-17(21)20(16)13-6-4-3-5-7-13/h3-10H,11H2,1-2H3,(H,19,21). The Labute approximate surface area is 133 Å². The molecule has 0 saturated carbocycles. The van der Waals surface area contributed by atoms with Gasteiger partial charge in [-0.1, -0.05) is 24.3 Å². The number of methoxy groups -OCH3 is 2. The number of nitrogens with zero attached hydrogens (tertiary/aromatic N) is 2. The Bertz CT molecular complexity index is 853. The van der Waals surface area contributed by atoms with Gasteiger partial charge in [0, 0.05) is 6.42 Å². The summed E-state index contributed by atoms with van der Waals surface area (Å²) in [5.74, 6) is 1.95. The topological polar surface area (TPSA) is 69.1 Å². The van der Waals surface area contributed by atoms with Gasteiger partial charge in [-0.3, -0.25) is 0 Å². The number of benzene rings is 2. The van der Waals surface area contributed by atoms with Crippen LogP contribution in [0, 0.1) is 0 Å². The van der Waals surface area contributed by atoms with E-state index in [2.05, 4.69) is 10.2 Å². The van der Waals surface area contributed by atoms with E-state index in [1.54, 1.807) is 18.8 Å². The van der Waals surface area contributed by atoms with Crippen molar-refractivity contribution in [2.24, 2.45) is 0 Å². The lowest BCUT2D eigenvalue weighted by Gasteiger charge is -2.10. The third-order valence-corrected chi connectivity index (χ3v) is 3.57. The number of ether oxygens (including phenoxy) is 2. The lowest BCUT2D eigenvalue weighted by atomic mass is 10.1. The van der Waals surface area contributed by atoms with E-state index in [1.165, 1.54) is 0 Å². The highest BCUT2D eigenvalue weighted by atomic mass is 16.5. The molecule has 0 fully saturated rings. The van der Waals surface area contributed by atoms with Crippen LogP contribution in [-0.2, 0) is 6.42 Å². The van der Waals surface area contributed by atoms with Gasteiger partial charge in [-0.25, -0.2) is 14.5 Å². The van der Waals surface area contributed by atoms with E-state index in [0.717, 1.165) is 11.3 Å². The summed E-state index contributed by atoms with van der Waals surface area (Å²) in [5, 5.41) is 6.65. The molecule has 0 aliphatic carbocycles. The molecule has 23 heavy (non-hydrogen) atoms. The number of para-hydroxylation sites is 1. The average Bonchev–Trinajstić information content (AvgIpc) is 2.96. The number of aromatic amines is 1. The zero-order valence-corrected chi connectivity index (χ0v) is 12.9. The van der Waals surface area contributed by atoms with Crippen molar-refractivity contribution in [2.45, 2.75) is 6.42 Å². The summed E-state index contributed by atoms with van der Waals surface area (Å²) in [6, 6.07) is 15.1. The van der Waals surface area contributed by atoms with E-state index < -0.39 is 0 Å². The van der Waals surface area contributed by atoms with Gasteiger partial charge in [-0.05, 0) is 29.8 Å². The molecule has 2 aromatic carbocycles. The van der Waals surface area contributed by atoms with Gasteiger partial charge in [0.25, 0.3) is 0 Å². The predicted octanol–water partition coefficient (Wildman–Crippen LogP) is 2.17. The zero-order chi connectivity index (χ0) is 16.2. The van der Waals surface area contributed by atoms with Crippen molar-refractivity contribution in [1.29, 1.82) is 0 Å². The van der Waals surface area contributed by atoms with Crippen molar-refractivity contribution < 1.29 is 9.47 Å². The Hall–Kier alpha value is -3.02. The van der Waals surface area contributed by atoms with Gasteiger partial charge in [-0.15, -0.1) is 0 Å². The number of hydrogen-bond donors (Lipinski definition) is 1. The molecule has 6 nitrogen and oxygen atoms in total. The molecule has 0 radical (unpaired) electrons. The fourth-order valence-corrected chi connectivity index (χ4v) is 2.46. The first kappa shape index (κ1) is 14.9. The quantitative estimate of drug-likeness (QED) is 0.784. The van der Waals surface area contributed by atoms with Gasteiger partial charge in [0.2, 0.25) is 0 Å². The Morgan fingerprint density at radius 3 is 2.48 bits per heavy atom. The van der Waals surface area contributed by atoms with E-state index >= 15 is 0 Å². The second-order valence-corrected chi connectivity index (χ2v) is 4.98. The van der Waals surface area contributed by atoms with Crippen molar-refractivity contribution in [3.05, 3.63) is 70.4 Å². The van der Waals surface area contributed by atoms with Crippen LogP contribution in [0.3, 0.4) is 0 Å². The Kier molecular flexibility index (Phi) is 4.14. The minimum atomic E-state index is -0.258. The maximum atomic E-state index is 12.1. The van der Waals surface area contributed by atoms with Crippen molar-refractivity contribution >= 4 is 0 Å². The first-order valence-corrected chi connectivity index (χ1v) is 7.15. The Morgan fingerprint density at radius 2 is 1.78 bits per heavy atom. The molecular weight excluding hydrogens is 294 g/mol. The molecule has 0 unspecified atom stereocenters. The summed E-state index contributed by atoms with van der Waals surface area (Å²) in [7, 11) is 3.19. The molecule has 0 bridgehead atoms. The molecule has 1 heterocycles. The molecular formula is C17H17N3O3. The monoisotopic (exact) mass is 311 g/mol. The van der Waals surface area contributed by atoms with E-state index in [1.807, 2.05) is 48.5 Å². The SMILES string of the molecule is COc1ccc(Cc2n[nH]c(=O)n2-c2ccccc2)cc1OC. The largest absolute Gasteiger partial charge is 0.493 e. The molecule has 118 valence electrons. The van der Waals surface area contributed by atoms with Gasteiger partial charge >= 0.3 is 5.69 Å². The molecule has 0 aliphatic rings. The fourth-order valence-electron chi connectivity index (χ4n) is 2.46. The minimum absolute atomic E-state index is 0.258. The van der Waals surface area contributed by atoms with E-state index in [9.17, 15) is 4.79 Å². The number of H-pyrrole nitrogens is 1. The van der Waals surface area contributed by atoms with Crippen LogP contribution in [0.1, 0.15) is 11.4 Å². The summed E-state index contributed by atoms with van der Waals surface area (Å²) in [4.78, 5) is 12.1. The van der Waals surface area contributed by atoms with Crippen LogP contribution >= 0.6 is 0 Å². The number of rotatable bonds is 5. The molecule has 0 spiro atoms. The molecule has 6 heteroatoms. The molecule has 3 rings (SSSR count). The molecule has 0 saturated heterocycles. The number of nitrogens with one attached hydrogen (secondary N) is 1. The van der Waals surface area contributed by atoms with Crippen LogP contribution in [0.15, 0.2) is 53.3 Å². The van der Waals surface area contributed by atoms with Crippen LogP contribution in [-0.4, -0.2) is 29.0 Å². The highest BCUT2D eigenvalue weighted by molar-refractivity contribution is 5.44. The van der Waals surface area contributed by atoms with Gasteiger partial charge in [-0.2, -0.15) is 5.10 Å². The summed E-state index contributed by atoms with van der Waals surface area (Å²) in [6.45, 7) is 0. The minimum Gasteiger partial charge on any atom is -0.493 e. The Balaban J connectivity index is 1.97. The van der Waals surface area contributed by atoms with Crippen molar-refractivity contribution in [3.8, 4) is 17.2 Å². The molecule has 0 atom stereocenters. The van der Waals surface area contributed by atoms with E-state index in [0.29, 0.717) is 23.7 Å². The second kappa shape index (κ2) is 6.39. The first-order valence-electron chi connectivity index (χ1n) is 7.15. The van der Waals surface area contributed by atoms with Gasteiger partial charge in [0.1, 0.15) is 5.82 Å². The third-order valence-electron chi connectivity index (χ3n) is 3.57. The van der Waals surface area contributed by atoms with Crippen molar-refractivity contribution in [2.75, 3.05) is 14.2 Å². The summed E-state index contributed by atoms with van der Waals surface area (Å²) >= 11 is 0. The second-order valence-electron chi connectivity index (χ2n) is 4.98. The average molecular weight is 311 g/mol.